The summed E-state index contributed by atoms with van der Waals surface area (Å²) < 4.78 is 4.96. The third-order valence-electron chi connectivity index (χ3n) is 1.45. The molecular weight excluding hydrogens is 215 g/mol. The van der Waals surface area contributed by atoms with Crippen molar-refractivity contribution in [2.45, 2.75) is 26.7 Å². The average Bonchev–Trinajstić information content (AvgIpc) is 1.83. The standard InChI is InChI=1S/C6H13IO/c1-3-6(4-2)5-8-7/h6H,3-5H2,1-2H3. The fourth-order valence-electron chi connectivity index (χ4n) is 0.613. The first-order valence-corrected chi connectivity index (χ1v) is 3.96. The summed E-state index contributed by atoms with van der Waals surface area (Å²) in [6, 6.07) is 0. The fraction of sp³-hybridized carbons (Fsp3) is 1.00. The molecule has 0 aliphatic heterocycles. The lowest BCUT2D eigenvalue weighted by molar-refractivity contribution is 0.309. The maximum Gasteiger partial charge on any atom is 0.109 e. The molecule has 0 amide bonds. The van der Waals surface area contributed by atoms with Crippen LogP contribution in [0.1, 0.15) is 26.7 Å². The number of halogens is 1. The zero-order valence-electron chi connectivity index (χ0n) is 5.48. The highest BCUT2D eigenvalue weighted by molar-refractivity contribution is 14.1. The molecule has 0 atom stereocenters. The topological polar surface area (TPSA) is 9.23 Å². The van der Waals surface area contributed by atoms with Crippen LogP contribution in [0, 0.1) is 5.92 Å². The van der Waals surface area contributed by atoms with Gasteiger partial charge in [-0.25, -0.2) is 0 Å². The zero-order valence-corrected chi connectivity index (χ0v) is 7.64. The van der Waals surface area contributed by atoms with E-state index in [1.807, 2.05) is 23.0 Å². The molecule has 0 heterocycles. The summed E-state index contributed by atoms with van der Waals surface area (Å²) in [6.07, 6.45) is 2.47. The summed E-state index contributed by atoms with van der Waals surface area (Å²) >= 11 is 1.95. The van der Waals surface area contributed by atoms with Gasteiger partial charge in [-0.15, -0.1) is 0 Å². The van der Waals surface area contributed by atoms with Gasteiger partial charge >= 0.3 is 0 Å². The van der Waals surface area contributed by atoms with Crippen molar-refractivity contribution < 1.29 is 3.07 Å². The Kier molecular flexibility index (Phi) is 6.32. The fourth-order valence-corrected chi connectivity index (χ4v) is 1.12. The van der Waals surface area contributed by atoms with Crippen molar-refractivity contribution in [1.82, 2.24) is 0 Å². The van der Waals surface area contributed by atoms with Gasteiger partial charge in [0.15, 0.2) is 0 Å². The van der Waals surface area contributed by atoms with Crippen LogP contribution in [0.3, 0.4) is 0 Å². The van der Waals surface area contributed by atoms with Gasteiger partial charge in [-0.2, -0.15) is 0 Å². The number of hydrogen-bond donors (Lipinski definition) is 0. The summed E-state index contributed by atoms with van der Waals surface area (Å²) in [6.45, 7) is 5.31. The van der Waals surface area contributed by atoms with Crippen LogP contribution < -0.4 is 0 Å². The molecule has 0 saturated carbocycles. The van der Waals surface area contributed by atoms with Crippen molar-refractivity contribution in [2.24, 2.45) is 5.92 Å². The van der Waals surface area contributed by atoms with E-state index in [-0.39, 0.29) is 0 Å². The Balaban J connectivity index is 3.07. The van der Waals surface area contributed by atoms with Crippen LogP contribution in [-0.4, -0.2) is 6.61 Å². The third kappa shape index (κ3) is 3.66. The van der Waals surface area contributed by atoms with Crippen LogP contribution in [0.25, 0.3) is 0 Å². The molecule has 0 fully saturated rings. The van der Waals surface area contributed by atoms with Crippen LogP contribution in [0.5, 0.6) is 0 Å². The average molecular weight is 228 g/mol. The summed E-state index contributed by atoms with van der Waals surface area (Å²) in [5.41, 5.74) is 0. The Labute approximate surface area is 65.5 Å². The number of rotatable bonds is 4. The second kappa shape index (κ2) is 5.82. The van der Waals surface area contributed by atoms with Crippen molar-refractivity contribution >= 4 is 23.0 Å². The van der Waals surface area contributed by atoms with Gasteiger partial charge in [-0.3, -0.25) is 0 Å². The highest BCUT2D eigenvalue weighted by Crippen LogP contribution is 2.08. The predicted octanol–water partition coefficient (Wildman–Crippen LogP) is 2.79. The van der Waals surface area contributed by atoms with Crippen LogP contribution in [-0.2, 0) is 3.07 Å². The summed E-state index contributed by atoms with van der Waals surface area (Å²) in [4.78, 5) is 0. The molecule has 0 aromatic heterocycles. The van der Waals surface area contributed by atoms with Crippen LogP contribution >= 0.6 is 23.0 Å². The number of hydrogen-bond acceptors (Lipinski definition) is 1. The maximum absolute atomic E-state index is 4.96. The van der Waals surface area contributed by atoms with Gasteiger partial charge in [0.1, 0.15) is 23.0 Å². The minimum Gasteiger partial charge on any atom is -0.316 e. The van der Waals surface area contributed by atoms with E-state index in [2.05, 4.69) is 13.8 Å². The normalized spacial score (nSPS) is 10.5. The Morgan fingerprint density at radius 2 is 1.88 bits per heavy atom. The Morgan fingerprint density at radius 1 is 1.38 bits per heavy atom. The van der Waals surface area contributed by atoms with E-state index < -0.39 is 0 Å². The smallest absolute Gasteiger partial charge is 0.109 e. The lowest BCUT2D eigenvalue weighted by Crippen LogP contribution is -2.02. The Bertz CT molecular complexity index is 43.8. The van der Waals surface area contributed by atoms with Crippen LogP contribution in [0.2, 0.25) is 0 Å². The molecule has 0 aliphatic carbocycles. The van der Waals surface area contributed by atoms with E-state index in [4.69, 9.17) is 3.07 Å². The van der Waals surface area contributed by atoms with E-state index in [1.54, 1.807) is 0 Å². The van der Waals surface area contributed by atoms with Crippen LogP contribution in [0.4, 0.5) is 0 Å². The highest BCUT2D eigenvalue weighted by Gasteiger charge is 2.00. The first kappa shape index (κ1) is 8.69. The lowest BCUT2D eigenvalue weighted by atomic mass is 10.1. The minimum absolute atomic E-state index is 0.770. The first-order valence-electron chi connectivity index (χ1n) is 3.08. The molecule has 0 aromatic rings. The van der Waals surface area contributed by atoms with Crippen molar-refractivity contribution in [1.29, 1.82) is 0 Å². The van der Waals surface area contributed by atoms with E-state index in [9.17, 15) is 0 Å². The molecule has 0 saturated heterocycles. The van der Waals surface area contributed by atoms with Crippen molar-refractivity contribution in [3.8, 4) is 0 Å². The zero-order chi connectivity index (χ0) is 6.41. The molecule has 2 heteroatoms. The molecule has 8 heavy (non-hydrogen) atoms. The first-order chi connectivity index (χ1) is 3.85. The molecule has 0 aliphatic rings. The van der Waals surface area contributed by atoms with Gasteiger partial charge < -0.3 is 3.07 Å². The molecule has 0 bridgehead atoms. The second-order valence-corrected chi connectivity index (χ2v) is 2.58. The van der Waals surface area contributed by atoms with E-state index in [0.29, 0.717) is 0 Å². The van der Waals surface area contributed by atoms with E-state index >= 15 is 0 Å². The molecule has 0 unspecified atom stereocenters. The summed E-state index contributed by atoms with van der Waals surface area (Å²) in [7, 11) is 0. The van der Waals surface area contributed by atoms with Gasteiger partial charge in [-0.1, -0.05) is 26.7 Å². The quantitative estimate of drug-likeness (QED) is 0.672. The third-order valence-corrected chi connectivity index (χ3v) is 1.81. The van der Waals surface area contributed by atoms with Gasteiger partial charge in [-0.05, 0) is 5.92 Å². The predicted molar refractivity (Wildman–Crippen MR) is 44.0 cm³/mol. The molecule has 50 valence electrons. The molecular formula is C6H13IO. The van der Waals surface area contributed by atoms with Crippen molar-refractivity contribution in [3.63, 3.8) is 0 Å². The molecule has 0 rings (SSSR count). The lowest BCUT2D eigenvalue weighted by Gasteiger charge is -2.07. The summed E-state index contributed by atoms with van der Waals surface area (Å²) in [5.74, 6) is 0.770. The molecule has 0 spiro atoms. The Hall–Kier alpha value is 0.690. The van der Waals surface area contributed by atoms with Gasteiger partial charge in [0, 0.05) is 0 Å². The van der Waals surface area contributed by atoms with Crippen LogP contribution in [0.15, 0.2) is 0 Å². The summed E-state index contributed by atoms with van der Waals surface area (Å²) in [5, 5.41) is 0. The van der Waals surface area contributed by atoms with Gasteiger partial charge in [0.25, 0.3) is 0 Å². The molecule has 0 radical (unpaired) electrons. The second-order valence-electron chi connectivity index (χ2n) is 1.96. The van der Waals surface area contributed by atoms with Gasteiger partial charge in [0.2, 0.25) is 0 Å². The maximum atomic E-state index is 4.96. The van der Waals surface area contributed by atoms with E-state index in [1.165, 1.54) is 12.8 Å². The molecule has 0 N–H and O–H groups in total. The van der Waals surface area contributed by atoms with E-state index in [0.717, 1.165) is 12.5 Å². The molecule has 0 aromatic carbocycles. The largest absolute Gasteiger partial charge is 0.316 e. The highest BCUT2D eigenvalue weighted by atomic mass is 127. The molecule has 1 nitrogen and oxygen atoms in total. The SMILES string of the molecule is CCC(CC)COI. The van der Waals surface area contributed by atoms with Crippen molar-refractivity contribution in [2.75, 3.05) is 6.61 Å². The monoisotopic (exact) mass is 228 g/mol. The van der Waals surface area contributed by atoms with Gasteiger partial charge in [0.05, 0.1) is 6.61 Å². The minimum atomic E-state index is 0.770. The van der Waals surface area contributed by atoms with Crippen molar-refractivity contribution in [3.05, 3.63) is 0 Å². The Morgan fingerprint density at radius 3 is 2.00 bits per heavy atom.